The summed E-state index contributed by atoms with van der Waals surface area (Å²) in [5.74, 6) is 0.668. The van der Waals surface area contributed by atoms with Crippen molar-refractivity contribution in [3.63, 3.8) is 0 Å². The molecule has 28 heavy (non-hydrogen) atoms. The first kappa shape index (κ1) is 17.2. The quantitative estimate of drug-likeness (QED) is 0.599. The fraction of sp³-hybridized carbons (Fsp3) is 0.280. The first-order valence-corrected chi connectivity index (χ1v) is 9.89. The number of nitrogens with zero attached hydrogens (tertiary/aromatic N) is 2. The summed E-state index contributed by atoms with van der Waals surface area (Å²) in [6, 6.07) is 21.6. The molecule has 0 fully saturated rings. The predicted octanol–water partition coefficient (Wildman–Crippen LogP) is 5.49. The standard InChI is InChI=1S/C25H24N2O/c1-25(2,3)19-11-9-16(10-12-19)17-7-8-18-15-22-23(20(18)14-17)27-24(28-22)21-6-4-5-13-26-21/h4-14,22-23H,15H2,1-3H3/t22-,23?/m1/s1. The molecule has 1 aliphatic carbocycles. The van der Waals surface area contributed by atoms with Gasteiger partial charge in [0.2, 0.25) is 5.90 Å². The van der Waals surface area contributed by atoms with Crippen LogP contribution in [0.25, 0.3) is 11.1 Å². The molecule has 2 heterocycles. The lowest BCUT2D eigenvalue weighted by molar-refractivity contribution is 0.206. The van der Waals surface area contributed by atoms with Gasteiger partial charge in [-0.25, -0.2) is 4.99 Å². The Morgan fingerprint density at radius 2 is 1.71 bits per heavy atom. The highest BCUT2D eigenvalue weighted by Crippen LogP contribution is 2.42. The van der Waals surface area contributed by atoms with Crippen molar-refractivity contribution >= 4 is 5.90 Å². The van der Waals surface area contributed by atoms with Crippen molar-refractivity contribution in [1.29, 1.82) is 0 Å². The van der Waals surface area contributed by atoms with Gasteiger partial charge in [-0.05, 0) is 51.4 Å². The van der Waals surface area contributed by atoms with Crippen molar-refractivity contribution in [2.45, 2.75) is 44.8 Å². The summed E-state index contributed by atoms with van der Waals surface area (Å²) in [4.78, 5) is 9.26. The zero-order chi connectivity index (χ0) is 19.3. The van der Waals surface area contributed by atoms with E-state index in [0.29, 0.717) is 5.90 Å². The van der Waals surface area contributed by atoms with Crippen LogP contribution in [0.1, 0.15) is 49.2 Å². The maximum absolute atomic E-state index is 6.14. The number of hydrogen-bond acceptors (Lipinski definition) is 3. The molecular weight excluding hydrogens is 344 g/mol. The fourth-order valence-electron chi connectivity index (χ4n) is 4.10. The van der Waals surface area contributed by atoms with E-state index < -0.39 is 0 Å². The summed E-state index contributed by atoms with van der Waals surface area (Å²) in [5, 5.41) is 0. The molecule has 2 atom stereocenters. The van der Waals surface area contributed by atoms with Crippen LogP contribution in [0.2, 0.25) is 0 Å². The maximum atomic E-state index is 6.14. The second-order valence-electron chi connectivity index (χ2n) is 8.70. The first-order chi connectivity index (χ1) is 13.5. The Balaban J connectivity index is 1.47. The van der Waals surface area contributed by atoms with E-state index in [1.807, 2.05) is 18.2 Å². The summed E-state index contributed by atoms with van der Waals surface area (Å²) in [7, 11) is 0. The highest BCUT2D eigenvalue weighted by molar-refractivity contribution is 5.93. The van der Waals surface area contributed by atoms with Crippen LogP contribution in [0.5, 0.6) is 0 Å². The number of hydrogen-bond donors (Lipinski definition) is 0. The second-order valence-corrected chi connectivity index (χ2v) is 8.70. The largest absolute Gasteiger partial charge is 0.470 e. The van der Waals surface area contributed by atoms with Crippen LogP contribution in [0.15, 0.2) is 71.9 Å². The molecule has 140 valence electrons. The SMILES string of the molecule is CC(C)(C)c1ccc(-c2ccc3c(c2)C2N=C(c4ccccn4)O[C@@H]2C3)cc1. The van der Waals surface area contributed by atoms with Crippen LogP contribution in [-0.2, 0) is 16.6 Å². The Morgan fingerprint density at radius 1 is 0.929 bits per heavy atom. The van der Waals surface area contributed by atoms with E-state index in [4.69, 9.17) is 9.73 Å². The van der Waals surface area contributed by atoms with Gasteiger partial charge in [-0.15, -0.1) is 0 Å². The molecule has 2 aliphatic rings. The molecule has 1 aromatic heterocycles. The Kier molecular flexibility index (Phi) is 3.87. The molecule has 0 radical (unpaired) electrons. The summed E-state index contributed by atoms with van der Waals surface area (Å²) in [6.07, 6.45) is 2.77. The number of aromatic nitrogens is 1. The fourth-order valence-corrected chi connectivity index (χ4v) is 4.10. The average Bonchev–Trinajstić information content (AvgIpc) is 3.26. The summed E-state index contributed by atoms with van der Waals surface area (Å²) in [6.45, 7) is 6.73. The minimum absolute atomic E-state index is 0.0702. The number of rotatable bonds is 2. The molecule has 0 N–H and O–H groups in total. The number of aliphatic imine (C=N–C) groups is 1. The molecule has 3 heteroatoms. The highest BCUT2D eigenvalue weighted by Gasteiger charge is 2.40. The molecule has 3 nitrogen and oxygen atoms in total. The summed E-state index contributed by atoms with van der Waals surface area (Å²) >= 11 is 0. The third-order valence-corrected chi connectivity index (χ3v) is 5.73. The van der Waals surface area contributed by atoms with Crippen LogP contribution in [0.3, 0.4) is 0 Å². The van der Waals surface area contributed by atoms with Crippen LogP contribution in [-0.4, -0.2) is 17.0 Å². The molecule has 3 aromatic rings. The monoisotopic (exact) mass is 368 g/mol. The van der Waals surface area contributed by atoms with E-state index in [9.17, 15) is 0 Å². The van der Waals surface area contributed by atoms with Crippen LogP contribution in [0.4, 0.5) is 0 Å². The van der Waals surface area contributed by atoms with E-state index in [0.717, 1.165) is 12.1 Å². The maximum Gasteiger partial charge on any atom is 0.236 e. The van der Waals surface area contributed by atoms with Crippen molar-refractivity contribution in [2.75, 3.05) is 0 Å². The van der Waals surface area contributed by atoms with Crippen molar-refractivity contribution in [3.05, 3.63) is 89.2 Å². The predicted molar refractivity (Wildman–Crippen MR) is 113 cm³/mol. The Morgan fingerprint density at radius 3 is 2.43 bits per heavy atom. The van der Waals surface area contributed by atoms with Gasteiger partial charge >= 0.3 is 0 Å². The second kappa shape index (κ2) is 6.30. The lowest BCUT2D eigenvalue weighted by atomic mass is 9.86. The average molecular weight is 368 g/mol. The molecule has 0 spiro atoms. The molecule has 1 aliphatic heterocycles. The van der Waals surface area contributed by atoms with E-state index in [-0.39, 0.29) is 17.6 Å². The summed E-state index contributed by atoms with van der Waals surface area (Å²) < 4.78 is 6.14. The van der Waals surface area contributed by atoms with E-state index in [1.54, 1.807) is 6.20 Å². The Hall–Kier alpha value is -2.94. The molecular formula is C25H24N2O. The van der Waals surface area contributed by atoms with E-state index >= 15 is 0 Å². The zero-order valence-corrected chi connectivity index (χ0v) is 16.5. The number of pyridine rings is 1. The highest BCUT2D eigenvalue weighted by atomic mass is 16.5. The van der Waals surface area contributed by atoms with Gasteiger partial charge in [0.1, 0.15) is 17.8 Å². The van der Waals surface area contributed by atoms with Gasteiger partial charge in [0.25, 0.3) is 0 Å². The smallest absolute Gasteiger partial charge is 0.236 e. The Labute approximate surface area is 166 Å². The van der Waals surface area contributed by atoms with Crippen LogP contribution < -0.4 is 0 Å². The zero-order valence-electron chi connectivity index (χ0n) is 16.5. The number of benzene rings is 2. The molecule has 0 bridgehead atoms. The lowest BCUT2D eigenvalue weighted by Crippen LogP contribution is -2.14. The molecule has 0 saturated heterocycles. The minimum atomic E-state index is 0.0702. The topological polar surface area (TPSA) is 34.5 Å². The van der Waals surface area contributed by atoms with Crippen molar-refractivity contribution < 1.29 is 4.74 Å². The number of fused-ring (bicyclic) bond motifs is 3. The molecule has 2 aromatic carbocycles. The molecule has 0 saturated carbocycles. The number of ether oxygens (including phenoxy) is 1. The van der Waals surface area contributed by atoms with E-state index in [2.05, 4.69) is 68.2 Å². The van der Waals surface area contributed by atoms with Gasteiger partial charge in [-0.2, -0.15) is 0 Å². The van der Waals surface area contributed by atoms with Crippen molar-refractivity contribution in [1.82, 2.24) is 4.98 Å². The van der Waals surface area contributed by atoms with Gasteiger partial charge in [0.15, 0.2) is 0 Å². The third kappa shape index (κ3) is 2.91. The van der Waals surface area contributed by atoms with Gasteiger partial charge < -0.3 is 4.74 Å². The van der Waals surface area contributed by atoms with Gasteiger partial charge in [-0.1, -0.05) is 63.2 Å². The normalized spacial score (nSPS) is 20.3. The van der Waals surface area contributed by atoms with Crippen LogP contribution >= 0.6 is 0 Å². The molecule has 0 amide bonds. The van der Waals surface area contributed by atoms with Crippen molar-refractivity contribution in [3.8, 4) is 11.1 Å². The Bertz CT molecular complexity index is 1050. The third-order valence-electron chi connectivity index (χ3n) is 5.73. The minimum Gasteiger partial charge on any atom is -0.470 e. The van der Waals surface area contributed by atoms with E-state index in [1.165, 1.54) is 27.8 Å². The van der Waals surface area contributed by atoms with Crippen molar-refractivity contribution in [2.24, 2.45) is 4.99 Å². The molecule has 1 unspecified atom stereocenters. The van der Waals surface area contributed by atoms with Gasteiger partial charge in [0.05, 0.1) is 0 Å². The lowest BCUT2D eigenvalue weighted by Gasteiger charge is -2.19. The molecule has 5 rings (SSSR count). The summed E-state index contributed by atoms with van der Waals surface area (Å²) in [5.41, 5.74) is 7.44. The van der Waals surface area contributed by atoms with Gasteiger partial charge in [0, 0.05) is 12.6 Å². The van der Waals surface area contributed by atoms with Crippen LogP contribution in [0, 0.1) is 0 Å². The first-order valence-electron chi connectivity index (χ1n) is 9.89. The van der Waals surface area contributed by atoms with Gasteiger partial charge in [-0.3, -0.25) is 4.98 Å².